The molecule has 4 heterocycles. The molecule has 10 nitrogen and oxygen atoms in total. The van der Waals surface area contributed by atoms with E-state index in [2.05, 4.69) is 67.5 Å². The van der Waals surface area contributed by atoms with Gasteiger partial charge in [0.05, 0.1) is 22.4 Å². The van der Waals surface area contributed by atoms with Gasteiger partial charge in [-0.2, -0.15) is 0 Å². The van der Waals surface area contributed by atoms with Gasteiger partial charge in [0.15, 0.2) is 11.5 Å². The number of aromatic nitrogens is 4. The summed E-state index contributed by atoms with van der Waals surface area (Å²) in [6, 6.07) is 35.3. The average molecular weight is 715 g/mol. The molecule has 0 radical (unpaired) electrons. The molecule has 0 amide bonds. The molecular formula is C44H38N6O4. The van der Waals surface area contributed by atoms with Crippen molar-refractivity contribution in [3.05, 3.63) is 146 Å². The first-order valence-corrected chi connectivity index (χ1v) is 18.1. The van der Waals surface area contributed by atoms with Crippen molar-refractivity contribution in [1.82, 2.24) is 19.3 Å². The second-order valence-electron chi connectivity index (χ2n) is 12.8. The van der Waals surface area contributed by atoms with E-state index >= 15 is 0 Å². The summed E-state index contributed by atoms with van der Waals surface area (Å²) < 4.78 is 16.2. The Hall–Kier alpha value is -6.94. The molecule has 0 aliphatic heterocycles. The minimum Gasteiger partial charge on any atom is -0.421 e. The van der Waals surface area contributed by atoms with Gasteiger partial charge in [0.1, 0.15) is 11.0 Å². The van der Waals surface area contributed by atoms with Gasteiger partial charge in [0.2, 0.25) is 0 Å². The van der Waals surface area contributed by atoms with Crippen molar-refractivity contribution in [1.29, 1.82) is 0 Å². The van der Waals surface area contributed by atoms with Crippen LogP contribution in [0.5, 0.6) is 11.5 Å². The van der Waals surface area contributed by atoms with Gasteiger partial charge < -0.3 is 9.47 Å². The highest BCUT2D eigenvalue weighted by Gasteiger charge is 2.23. The lowest BCUT2D eigenvalue weighted by molar-refractivity contribution is -0.131. The zero-order valence-corrected chi connectivity index (χ0v) is 30.0. The third-order valence-electron chi connectivity index (χ3n) is 9.32. The van der Waals surface area contributed by atoms with Crippen LogP contribution in [-0.2, 0) is 9.59 Å². The lowest BCUT2D eigenvalue weighted by atomic mass is 10.1. The van der Waals surface area contributed by atoms with Crippen LogP contribution in [0.3, 0.4) is 0 Å². The molecule has 8 rings (SSSR count). The van der Waals surface area contributed by atoms with Crippen molar-refractivity contribution in [3.8, 4) is 11.5 Å². The molecule has 0 atom stereocenters. The van der Waals surface area contributed by atoms with E-state index in [0.717, 1.165) is 80.0 Å². The molecule has 4 aromatic carbocycles. The van der Waals surface area contributed by atoms with Crippen LogP contribution < -0.4 is 19.5 Å². The van der Waals surface area contributed by atoms with Crippen molar-refractivity contribution in [2.24, 2.45) is 0 Å². The van der Waals surface area contributed by atoms with Gasteiger partial charge in [-0.3, -0.25) is 20.0 Å². The Balaban J connectivity index is 1.12. The number of esters is 2. The van der Waals surface area contributed by atoms with Crippen LogP contribution in [0.15, 0.2) is 146 Å². The molecule has 268 valence electrons. The lowest BCUT2D eigenvalue weighted by Gasteiger charge is -2.28. The Bertz CT molecular complexity index is 2470. The molecule has 0 saturated carbocycles. The van der Waals surface area contributed by atoms with Gasteiger partial charge in [-0.1, -0.05) is 74.5 Å². The number of nitrogens with zero attached hydrogens (tertiary/aromatic N) is 6. The molecule has 4 aromatic heterocycles. The molecule has 8 aromatic rings. The predicted octanol–water partition coefficient (Wildman–Crippen LogP) is 9.12. The molecular weight excluding hydrogens is 677 g/mol. The van der Waals surface area contributed by atoms with Crippen molar-refractivity contribution in [2.45, 2.75) is 26.7 Å². The van der Waals surface area contributed by atoms with E-state index in [1.165, 1.54) is 0 Å². The Morgan fingerprint density at radius 1 is 0.537 bits per heavy atom. The van der Waals surface area contributed by atoms with Crippen LogP contribution in [0.25, 0.3) is 43.6 Å². The van der Waals surface area contributed by atoms with Gasteiger partial charge in [-0.25, -0.2) is 18.9 Å². The Morgan fingerprint density at radius 3 is 1.33 bits per heavy atom. The molecule has 0 aliphatic carbocycles. The topological polar surface area (TPSA) is 94.7 Å². The molecule has 0 aliphatic rings. The van der Waals surface area contributed by atoms with Gasteiger partial charge in [-0.15, -0.1) is 0 Å². The highest BCUT2D eigenvalue weighted by molar-refractivity contribution is 6.12. The number of hydrogen-bond acceptors (Lipinski definition) is 8. The number of fused-ring (bicyclic) bond motifs is 6. The quantitative estimate of drug-likeness (QED) is 0.0703. The van der Waals surface area contributed by atoms with Crippen LogP contribution in [0.2, 0.25) is 0 Å². The Labute approximate surface area is 312 Å². The maximum absolute atomic E-state index is 13.4. The molecule has 0 saturated heterocycles. The van der Waals surface area contributed by atoms with E-state index in [-0.39, 0.29) is 0 Å². The van der Waals surface area contributed by atoms with E-state index in [1.54, 1.807) is 36.9 Å². The van der Waals surface area contributed by atoms with Crippen molar-refractivity contribution in [3.63, 3.8) is 0 Å². The summed E-state index contributed by atoms with van der Waals surface area (Å²) in [6.07, 6.45) is 11.0. The fraction of sp³-hybridized carbons (Fsp3) is 0.136. The molecule has 0 bridgehead atoms. The monoisotopic (exact) mass is 714 g/mol. The smallest absolute Gasteiger partial charge is 0.336 e. The third-order valence-corrected chi connectivity index (χ3v) is 9.32. The summed E-state index contributed by atoms with van der Waals surface area (Å²) >= 11 is 0. The fourth-order valence-corrected chi connectivity index (χ4v) is 7.16. The number of carbonyl (C=O) groups is 2. The maximum atomic E-state index is 13.4. The minimum atomic E-state index is -0.707. The maximum Gasteiger partial charge on any atom is 0.336 e. The highest BCUT2D eigenvalue weighted by atomic mass is 16.5. The SMILES string of the molecule is CCCN(c1ccncc1)n1c2ccccc2c2cccc(OC(=O)/C=C\C(=O)Oc3cccc4c5ccccc5n(N(CCC)c5ccncc5)c34)c21. The summed E-state index contributed by atoms with van der Waals surface area (Å²) in [5.74, 6) is -0.686. The Kier molecular flexibility index (Phi) is 9.47. The predicted molar refractivity (Wildman–Crippen MR) is 214 cm³/mol. The second-order valence-corrected chi connectivity index (χ2v) is 12.8. The molecule has 0 fully saturated rings. The summed E-state index contributed by atoms with van der Waals surface area (Å²) in [7, 11) is 0. The number of benzene rings is 4. The number of ether oxygens (including phenoxy) is 2. The van der Waals surface area contributed by atoms with Gasteiger partial charge in [0, 0.05) is 71.6 Å². The van der Waals surface area contributed by atoms with Crippen LogP contribution in [0.1, 0.15) is 26.7 Å². The fourth-order valence-electron chi connectivity index (χ4n) is 7.16. The van der Waals surface area contributed by atoms with E-state index < -0.39 is 11.9 Å². The number of hydrogen-bond donors (Lipinski definition) is 0. The Morgan fingerprint density at radius 2 is 0.926 bits per heavy atom. The zero-order valence-electron chi connectivity index (χ0n) is 30.0. The second kappa shape index (κ2) is 15.0. The van der Waals surface area contributed by atoms with Crippen LogP contribution in [0, 0.1) is 0 Å². The first-order valence-electron chi connectivity index (χ1n) is 18.1. The number of pyridine rings is 2. The van der Waals surface area contributed by atoms with E-state index in [4.69, 9.17) is 9.47 Å². The largest absolute Gasteiger partial charge is 0.421 e. The summed E-state index contributed by atoms with van der Waals surface area (Å²) in [6.45, 7) is 5.65. The first kappa shape index (κ1) is 34.2. The number of para-hydroxylation sites is 4. The number of carbonyl (C=O) groups excluding carboxylic acids is 2. The molecule has 0 N–H and O–H groups in total. The van der Waals surface area contributed by atoms with Crippen LogP contribution >= 0.6 is 0 Å². The third kappa shape index (κ3) is 6.28. The minimum absolute atomic E-state index is 0.364. The summed E-state index contributed by atoms with van der Waals surface area (Å²) in [4.78, 5) is 35.3. The number of rotatable bonds is 12. The van der Waals surface area contributed by atoms with Gasteiger partial charge in [-0.05, 0) is 61.4 Å². The highest BCUT2D eigenvalue weighted by Crippen LogP contribution is 2.38. The van der Waals surface area contributed by atoms with E-state index in [0.29, 0.717) is 24.6 Å². The van der Waals surface area contributed by atoms with E-state index in [9.17, 15) is 9.59 Å². The molecule has 10 heteroatoms. The van der Waals surface area contributed by atoms with Gasteiger partial charge >= 0.3 is 11.9 Å². The average Bonchev–Trinajstić information content (AvgIpc) is 3.73. The summed E-state index contributed by atoms with van der Waals surface area (Å²) in [5, 5.41) is 8.23. The van der Waals surface area contributed by atoms with Crippen molar-refractivity contribution in [2.75, 3.05) is 23.1 Å². The molecule has 54 heavy (non-hydrogen) atoms. The van der Waals surface area contributed by atoms with Gasteiger partial charge in [0.25, 0.3) is 0 Å². The van der Waals surface area contributed by atoms with Crippen LogP contribution in [-0.4, -0.2) is 44.3 Å². The lowest BCUT2D eigenvalue weighted by Crippen LogP contribution is -2.30. The zero-order chi connectivity index (χ0) is 37.0. The number of anilines is 2. The standard InChI is InChI=1S/C44H38N6O4/c1-3-29-47(31-21-25-45-26-22-31)49-37-15-7-5-11-33(37)35-13-9-17-39(43(35)49)53-41(51)19-20-42(52)54-40-18-10-14-36-34-12-6-8-16-38(34)50(44(36)40)48(30-4-2)32-23-27-46-28-24-32/h5-28H,3-4,29-30H2,1-2H3/b20-19-. The molecule has 0 spiro atoms. The van der Waals surface area contributed by atoms with Crippen molar-refractivity contribution >= 4 is 66.9 Å². The summed E-state index contributed by atoms with van der Waals surface area (Å²) in [5.41, 5.74) is 5.30. The normalized spacial score (nSPS) is 11.5. The molecule has 0 unspecified atom stereocenters. The van der Waals surface area contributed by atoms with Crippen molar-refractivity contribution < 1.29 is 19.1 Å². The van der Waals surface area contributed by atoms with Crippen LogP contribution in [0.4, 0.5) is 11.4 Å². The first-order chi connectivity index (χ1) is 26.6. The van der Waals surface area contributed by atoms with E-state index in [1.807, 2.05) is 72.8 Å².